The van der Waals surface area contributed by atoms with Crippen molar-refractivity contribution in [2.75, 3.05) is 40.3 Å². The molecule has 0 saturated carbocycles. The van der Waals surface area contributed by atoms with Crippen molar-refractivity contribution in [2.24, 2.45) is 0 Å². The smallest absolute Gasteiger partial charge is 0.267 e. The fourth-order valence-corrected chi connectivity index (χ4v) is 3.91. The predicted molar refractivity (Wildman–Crippen MR) is 94.3 cm³/mol. The van der Waals surface area contributed by atoms with Crippen molar-refractivity contribution in [3.05, 3.63) is 41.3 Å². The highest BCUT2D eigenvalue weighted by Gasteiger charge is 2.24. The Morgan fingerprint density at radius 2 is 1.91 bits per heavy atom. The first-order valence-corrected chi connectivity index (χ1v) is 8.72. The summed E-state index contributed by atoms with van der Waals surface area (Å²) in [5, 5.41) is 0. The number of carbonyl (C=O) groups is 1. The van der Waals surface area contributed by atoms with Gasteiger partial charge < -0.3 is 14.5 Å². The van der Waals surface area contributed by atoms with Gasteiger partial charge in [-0.15, -0.1) is 11.3 Å². The number of methoxy groups -OCH3 is 1. The third-order valence-electron chi connectivity index (χ3n) is 4.18. The first-order valence-electron chi connectivity index (χ1n) is 7.90. The van der Waals surface area contributed by atoms with Crippen molar-refractivity contribution >= 4 is 17.2 Å². The highest BCUT2D eigenvalue weighted by Crippen LogP contribution is 2.37. The van der Waals surface area contributed by atoms with Crippen LogP contribution in [-0.4, -0.2) is 56.0 Å². The van der Waals surface area contributed by atoms with E-state index in [4.69, 9.17) is 4.74 Å². The largest absolute Gasteiger partial charge is 0.495 e. The van der Waals surface area contributed by atoms with E-state index in [9.17, 15) is 4.79 Å². The molecule has 0 N–H and O–H groups in total. The molecular weight excluding hydrogens is 308 g/mol. The quantitative estimate of drug-likeness (QED) is 0.866. The third-order valence-corrected chi connectivity index (χ3v) is 5.33. The van der Waals surface area contributed by atoms with Crippen LogP contribution in [-0.2, 0) is 0 Å². The van der Waals surface area contributed by atoms with Gasteiger partial charge in [0.15, 0.2) is 0 Å². The van der Waals surface area contributed by atoms with Crippen LogP contribution >= 0.6 is 11.3 Å². The standard InChI is InChI=1S/C18H22N2O2S/c1-19-9-6-10-20(12-11-19)18(21)17-15(22-2)13-16(23-17)14-7-4-3-5-8-14/h3-5,7-8,13H,6,9-12H2,1-2H3. The zero-order valence-corrected chi connectivity index (χ0v) is 14.4. The van der Waals surface area contributed by atoms with Gasteiger partial charge in [0.1, 0.15) is 10.6 Å². The molecule has 0 unspecified atom stereocenters. The van der Waals surface area contributed by atoms with Crippen molar-refractivity contribution in [1.29, 1.82) is 0 Å². The molecule has 3 rings (SSSR count). The van der Waals surface area contributed by atoms with Crippen LogP contribution in [0.4, 0.5) is 0 Å². The van der Waals surface area contributed by atoms with Crippen molar-refractivity contribution in [1.82, 2.24) is 9.80 Å². The van der Waals surface area contributed by atoms with Crippen LogP contribution in [0.3, 0.4) is 0 Å². The van der Waals surface area contributed by atoms with E-state index in [1.807, 2.05) is 29.2 Å². The minimum Gasteiger partial charge on any atom is -0.495 e. The number of likely N-dealkylation sites (N-methyl/N-ethyl adjacent to an activating group) is 1. The molecule has 122 valence electrons. The minimum absolute atomic E-state index is 0.0873. The lowest BCUT2D eigenvalue weighted by Crippen LogP contribution is -2.34. The number of amides is 1. The molecule has 2 aromatic rings. The maximum atomic E-state index is 12.9. The summed E-state index contributed by atoms with van der Waals surface area (Å²) >= 11 is 1.52. The number of benzene rings is 1. The van der Waals surface area contributed by atoms with E-state index >= 15 is 0 Å². The molecule has 1 aliphatic rings. The van der Waals surface area contributed by atoms with Gasteiger partial charge in [-0.3, -0.25) is 4.79 Å². The number of hydrogen-bond donors (Lipinski definition) is 0. The Hall–Kier alpha value is -1.85. The fraction of sp³-hybridized carbons (Fsp3) is 0.389. The monoisotopic (exact) mass is 330 g/mol. The van der Waals surface area contributed by atoms with Gasteiger partial charge in [0.2, 0.25) is 0 Å². The molecule has 0 bridgehead atoms. The zero-order chi connectivity index (χ0) is 16.2. The number of ether oxygens (including phenoxy) is 1. The molecule has 1 amide bonds. The van der Waals surface area contributed by atoms with Crippen molar-refractivity contribution in [2.45, 2.75) is 6.42 Å². The van der Waals surface area contributed by atoms with Gasteiger partial charge in [0.25, 0.3) is 5.91 Å². The summed E-state index contributed by atoms with van der Waals surface area (Å²) in [5.41, 5.74) is 1.12. The Morgan fingerprint density at radius 1 is 1.13 bits per heavy atom. The number of rotatable bonds is 3. The van der Waals surface area contributed by atoms with E-state index in [1.54, 1.807) is 7.11 Å². The fourth-order valence-electron chi connectivity index (χ4n) is 2.81. The van der Waals surface area contributed by atoms with Gasteiger partial charge >= 0.3 is 0 Å². The Bertz CT molecular complexity index is 669. The summed E-state index contributed by atoms with van der Waals surface area (Å²) in [5.74, 6) is 0.765. The van der Waals surface area contributed by atoms with Crippen LogP contribution in [0, 0.1) is 0 Å². The predicted octanol–water partition coefficient (Wildman–Crippen LogP) is 3.20. The topological polar surface area (TPSA) is 32.8 Å². The lowest BCUT2D eigenvalue weighted by atomic mass is 10.2. The van der Waals surface area contributed by atoms with Crippen LogP contribution in [0.15, 0.2) is 36.4 Å². The maximum absolute atomic E-state index is 12.9. The molecule has 0 aliphatic carbocycles. The molecule has 1 saturated heterocycles. The van der Waals surface area contributed by atoms with Gasteiger partial charge in [-0.2, -0.15) is 0 Å². The van der Waals surface area contributed by atoms with E-state index < -0.39 is 0 Å². The molecule has 1 fully saturated rings. The summed E-state index contributed by atoms with van der Waals surface area (Å²) in [6.07, 6.45) is 1.02. The first kappa shape index (κ1) is 16.0. The minimum atomic E-state index is 0.0873. The second-order valence-electron chi connectivity index (χ2n) is 5.82. The summed E-state index contributed by atoms with van der Waals surface area (Å²) < 4.78 is 5.46. The number of nitrogens with zero attached hydrogens (tertiary/aromatic N) is 2. The van der Waals surface area contributed by atoms with Crippen LogP contribution in [0.25, 0.3) is 10.4 Å². The van der Waals surface area contributed by atoms with Crippen molar-refractivity contribution < 1.29 is 9.53 Å². The lowest BCUT2D eigenvalue weighted by Gasteiger charge is -2.20. The van der Waals surface area contributed by atoms with E-state index in [-0.39, 0.29) is 5.91 Å². The number of carbonyl (C=O) groups excluding carboxylic acids is 1. The summed E-state index contributed by atoms with van der Waals surface area (Å²) in [6, 6.07) is 12.1. The Morgan fingerprint density at radius 3 is 2.65 bits per heavy atom. The van der Waals surface area contributed by atoms with E-state index in [0.717, 1.165) is 43.0 Å². The van der Waals surface area contributed by atoms with Crippen molar-refractivity contribution in [3.8, 4) is 16.2 Å². The van der Waals surface area contributed by atoms with Gasteiger partial charge in [-0.25, -0.2) is 0 Å². The summed E-state index contributed by atoms with van der Waals surface area (Å²) in [4.78, 5) is 18.9. The third kappa shape index (κ3) is 3.57. The maximum Gasteiger partial charge on any atom is 0.267 e. The zero-order valence-electron chi connectivity index (χ0n) is 13.6. The molecule has 0 radical (unpaired) electrons. The van der Waals surface area contributed by atoms with E-state index in [1.165, 1.54) is 11.3 Å². The van der Waals surface area contributed by atoms with Crippen LogP contribution in [0.1, 0.15) is 16.1 Å². The van der Waals surface area contributed by atoms with Gasteiger partial charge in [0.05, 0.1) is 7.11 Å². The highest BCUT2D eigenvalue weighted by molar-refractivity contribution is 7.17. The van der Waals surface area contributed by atoms with E-state index in [2.05, 4.69) is 24.1 Å². The molecule has 1 aromatic heterocycles. The average Bonchev–Trinajstić information content (AvgIpc) is 2.90. The molecule has 0 spiro atoms. The van der Waals surface area contributed by atoms with E-state index in [0.29, 0.717) is 10.6 Å². The van der Waals surface area contributed by atoms with Crippen molar-refractivity contribution in [3.63, 3.8) is 0 Å². The van der Waals surface area contributed by atoms with Gasteiger partial charge in [-0.1, -0.05) is 30.3 Å². The molecular formula is C18H22N2O2S. The highest BCUT2D eigenvalue weighted by atomic mass is 32.1. The average molecular weight is 330 g/mol. The van der Waals surface area contributed by atoms with Gasteiger partial charge in [-0.05, 0) is 31.6 Å². The lowest BCUT2D eigenvalue weighted by molar-refractivity contribution is 0.0764. The Balaban J connectivity index is 1.86. The second-order valence-corrected chi connectivity index (χ2v) is 6.88. The molecule has 1 aromatic carbocycles. The normalized spacial score (nSPS) is 16.2. The molecule has 1 aliphatic heterocycles. The van der Waals surface area contributed by atoms with Crippen LogP contribution in [0.5, 0.6) is 5.75 Å². The Kier molecular flexibility index (Phi) is 4.98. The molecule has 0 atom stereocenters. The summed E-state index contributed by atoms with van der Waals surface area (Å²) in [6.45, 7) is 3.55. The SMILES string of the molecule is COc1cc(-c2ccccc2)sc1C(=O)N1CCCN(C)CC1. The molecule has 2 heterocycles. The van der Waals surface area contributed by atoms with Gasteiger partial charge in [0, 0.05) is 24.5 Å². The number of hydrogen-bond acceptors (Lipinski definition) is 4. The first-order chi connectivity index (χ1) is 11.2. The van der Waals surface area contributed by atoms with Crippen LogP contribution in [0.2, 0.25) is 0 Å². The molecule has 23 heavy (non-hydrogen) atoms. The number of thiophene rings is 1. The molecule has 4 nitrogen and oxygen atoms in total. The second kappa shape index (κ2) is 7.15. The summed E-state index contributed by atoms with van der Waals surface area (Å²) in [7, 11) is 3.73. The molecule has 5 heteroatoms. The van der Waals surface area contributed by atoms with Crippen LogP contribution < -0.4 is 4.74 Å². The Labute approximate surface area is 141 Å².